The number of halogens is 2. The van der Waals surface area contributed by atoms with Crippen molar-refractivity contribution < 1.29 is 18.3 Å². The van der Waals surface area contributed by atoms with Crippen LogP contribution in [-0.4, -0.2) is 4.21 Å². The minimum atomic E-state index is -4.52. The molecular formula is C48H64Cl2Zr. The average molecular weight is 803 g/mol. The Morgan fingerprint density at radius 3 is 1.88 bits per heavy atom. The summed E-state index contributed by atoms with van der Waals surface area (Å²) >= 11 is -4.52. The van der Waals surface area contributed by atoms with E-state index in [0.717, 1.165) is 28.3 Å². The molecule has 0 aromatic heterocycles. The summed E-state index contributed by atoms with van der Waals surface area (Å²) in [5.74, 6) is 3.41. The molecule has 51 heavy (non-hydrogen) atoms. The van der Waals surface area contributed by atoms with Gasteiger partial charge in [-0.1, -0.05) is 0 Å². The third-order valence-corrected chi connectivity index (χ3v) is 32.4. The van der Waals surface area contributed by atoms with Gasteiger partial charge in [0.2, 0.25) is 0 Å². The van der Waals surface area contributed by atoms with Gasteiger partial charge in [-0.25, -0.2) is 0 Å². The second-order valence-corrected chi connectivity index (χ2v) is 34.2. The molecule has 0 aliphatic heterocycles. The van der Waals surface area contributed by atoms with E-state index in [9.17, 15) is 0 Å². The van der Waals surface area contributed by atoms with Crippen molar-refractivity contribution >= 4 is 35.6 Å². The minimum absolute atomic E-state index is 0. The molecule has 3 heteroatoms. The van der Waals surface area contributed by atoms with Crippen LogP contribution >= 0.6 is 24.8 Å². The summed E-state index contributed by atoms with van der Waals surface area (Å²) in [6.45, 7) is 21.9. The normalized spacial score (nSPS) is 26.7. The number of hydrogen-bond acceptors (Lipinski definition) is 0. The summed E-state index contributed by atoms with van der Waals surface area (Å²) in [6, 6.07) is 24.5. The molecule has 0 spiro atoms. The van der Waals surface area contributed by atoms with Gasteiger partial charge in [0.15, 0.2) is 0 Å². The van der Waals surface area contributed by atoms with Crippen molar-refractivity contribution in [2.24, 2.45) is 29.1 Å². The van der Waals surface area contributed by atoms with Gasteiger partial charge >= 0.3 is 301 Å². The van der Waals surface area contributed by atoms with Gasteiger partial charge in [0.05, 0.1) is 0 Å². The van der Waals surface area contributed by atoms with Gasteiger partial charge in [0, 0.05) is 0 Å². The number of allylic oxidation sites excluding steroid dienone is 4. The van der Waals surface area contributed by atoms with Crippen molar-refractivity contribution in [2.45, 2.75) is 129 Å². The van der Waals surface area contributed by atoms with Crippen molar-refractivity contribution in [3.05, 3.63) is 103 Å². The molecule has 4 fully saturated rings. The fourth-order valence-electron chi connectivity index (χ4n) is 12.7. The van der Waals surface area contributed by atoms with E-state index < -0.39 is 18.3 Å². The summed E-state index contributed by atoms with van der Waals surface area (Å²) in [6.07, 6.45) is 14.1. The van der Waals surface area contributed by atoms with E-state index in [1.807, 2.05) is 0 Å². The fourth-order valence-corrected chi connectivity index (χ4v) is 29.4. The van der Waals surface area contributed by atoms with Gasteiger partial charge in [-0.3, -0.25) is 0 Å². The predicted octanol–water partition coefficient (Wildman–Crippen LogP) is 12.7. The van der Waals surface area contributed by atoms with Crippen molar-refractivity contribution in [3.8, 4) is 11.1 Å². The number of fused-ring (bicyclic) bond motifs is 3. The van der Waals surface area contributed by atoms with Crippen LogP contribution in [0, 0.1) is 29.1 Å². The zero-order chi connectivity index (χ0) is 34.7. The molecule has 1 unspecified atom stereocenters. The van der Waals surface area contributed by atoms with Crippen LogP contribution in [0.1, 0.15) is 130 Å². The Morgan fingerprint density at radius 1 is 0.765 bits per heavy atom. The predicted molar refractivity (Wildman–Crippen MR) is 225 cm³/mol. The first-order valence-corrected chi connectivity index (χ1v) is 27.0. The third-order valence-electron chi connectivity index (χ3n) is 14.8. The fraction of sp³-hybridized carbons (Fsp3) is 0.521. The van der Waals surface area contributed by atoms with E-state index in [2.05, 4.69) is 129 Å². The molecule has 0 nitrogen and oxygen atoms in total. The first-order chi connectivity index (χ1) is 23.0. The number of benzene rings is 3. The SMILES string of the molecule is Cl.Cl.[CH2]=[Zr]([CH2]C)([C]1=C(C)C(CC23CC4CC(CC(C4)C2)C3)=CC1C)([c]1ccccc1)[c]1cc(C(C)(C)C)cc2c1Cc1ccc(C(C)(C)C)cc1-2. The Bertz CT molecular complexity index is 1940. The molecule has 9 rings (SSSR count). The molecule has 4 bridgehead atoms. The maximum absolute atomic E-state index is 5.84. The summed E-state index contributed by atoms with van der Waals surface area (Å²) in [7, 11) is 0. The Labute approximate surface area is 323 Å². The Morgan fingerprint density at radius 2 is 1.33 bits per heavy atom. The molecule has 4 saturated carbocycles. The van der Waals surface area contributed by atoms with Crippen molar-refractivity contribution in [2.75, 3.05) is 0 Å². The average Bonchev–Trinajstić information content (AvgIpc) is 3.54. The molecule has 0 N–H and O–H groups in total. The summed E-state index contributed by atoms with van der Waals surface area (Å²) in [5, 5.41) is 0. The summed E-state index contributed by atoms with van der Waals surface area (Å²) in [5.41, 5.74) is 13.0. The Hall–Kier alpha value is -1.53. The first-order valence-electron chi connectivity index (χ1n) is 19.9. The number of hydrogen-bond donors (Lipinski definition) is 0. The molecule has 1 atom stereocenters. The molecule has 6 aliphatic carbocycles. The van der Waals surface area contributed by atoms with Crippen molar-refractivity contribution in [1.29, 1.82) is 0 Å². The van der Waals surface area contributed by atoms with Crippen LogP contribution in [0.15, 0.2) is 81.2 Å². The van der Waals surface area contributed by atoms with E-state index in [4.69, 9.17) is 4.21 Å². The van der Waals surface area contributed by atoms with E-state index in [-0.39, 0.29) is 35.6 Å². The van der Waals surface area contributed by atoms with Crippen molar-refractivity contribution in [3.63, 3.8) is 0 Å². The van der Waals surface area contributed by atoms with Crippen LogP contribution in [-0.2, 0) is 35.5 Å². The second-order valence-electron chi connectivity index (χ2n) is 20.1. The van der Waals surface area contributed by atoms with Crippen LogP contribution in [0.25, 0.3) is 11.1 Å². The third kappa shape index (κ3) is 6.06. The van der Waals surface area contributed by atoms with Crippen LogP contribution in [0.4, 0.5) is 0 Å². The zero-order valence-corrected chi connectivity index (χ0v) is 37.1. The van der Waals surface area contributed by atoms with Crippen LogP contribution < -0.4 is 6.54 Å². The zero-order valence-electron chi connectivity index (χ0n) is 33.0. The summed E-state index contributed by atoms with van der Waals surface area (Å²) in [4.78, 5) is 0. The van der Waals surface area contributed by atoms with E-state index >= 15 is 0 Å². The van der Waals surface area contributed by atoms with Gasteiger partial charge in [0.1, 0.15) is 0 Å². The summed E-state index contributed by atoms with van der Waals surface area (Å²) < 4.78 is 11.9. The van der Waals surface area contributed by atoms with Crippen LogP contribution in [0.5, 0.6) is 0 Å². The Kier molecular flexibility index (Phi) is 10.0. The van der Waals surface area contributed by atoms with E-state index in [0.29, 0.717) is 11.3 Å². The molecule has 0 heterocycles. The Balaban J connectivity index is 0.00000224. The van der Waals surface area contributed by atoms with E-state index in [1.165, 1.54) is 72.8 Å². The number of rotatable bonds is 6. The van der Waals surface area contributed by atoms with Gasteiger partial charge in [0.25, 0.3) is 0 Å². The van der Waals surface area contributed by atoms with Gasteiger partial charge in [-0.2, -0.15) is 0 Å². The molecule has 0 radical (unpaired) electrons. The second kappa shape index (κ2) is 13.1. The molecule has 3 aromatic rings. The standard InChI is InChI=1S/C21H25.C18H25.C6H5.C2H5.CH2.2ClH.Zr/c1-20(2,3)16-9-7-14-11-15-8-10-17(21(4,5)6)13-19(15)18(14)12-16;1-12-3-13(2)17(4-12)11-18-8-14-5-15(9-18)7-16(6-14)10-18;1-2-4-6-5-3-1;1-2;;;;/h7,9-10,12-13H,11H2,1-6H3;4,12,14-16H,5-11H2,1-2H3;1-5H;1H2,2H3;1H2;2*1H;. The quantitative estimate of drug-likeness (QED) is 0.182. The van der Waals surface area contributed by atoms with Gasteiger partial charge in [-0.05, 0) is 0 Å². The maximum atomic E-state index is 5.84. The molecular weight excluding hydrogens is 739 g/mol. The van der Waals surface area contributed by atoms with Gasteiger partial charge < -0.3 is 0 Å². The topological polar surface area (TPSA) is 0 Å². The molecule has 3 aromatic carbocycles. The van der Waals surface area contributed by atoms with Gasteiger partial charge in [-0.15, -0.1) is 24.8 Å². The van der Waals surface area contributed by atoms with Crippen molar-refractivity contribution in [1.82, 2.24) is 0 Å². The van der Waals surface area contributed by atoms with Crippen LogP contribution in [0.2, 0.25) is 4.13 Å². The molecule has 6 aliphatic rings. The molecule has 0 amide bonds. The first kappa shape index (κ1) is 39.2. The van der Waals surface area contributed by atoms with E-state index in [1.54, 1.807) is 26.5 Å². The van der Waals surface area contributed by atoms with Crippen LogP contribution in [0.3, 0.4) is 0 Å². The molecule has 0 saturated heterocycles. The molecule has 274 valence electrons. The monoisotopic (exact) mass is 800 g/mol.